The molecular weight excluding hydrogens is 357 g/mol. The number of rotatable bonds is 3. The van der Waals surface area contributed by atoms with Crippen LogP contribution in [0.2, 0.25) is 0 Å². The number of sulfone groups is 1. The van der Waals surface area contributed by atoms with Crippen LogP contribution in [0.15, 0.2) is 32.1 Å². The summed E-state index contributed by atoms with van der Waals surface area (Å²) in [6.45, 7) is 0. The maximum absolute atomic E-state index is 13.9. The SMILES string of the molecule is CS(=O)(=O)c1c(F)cc(-c2cc(C(=O)O)no2)cc1Br. The smallest absolute Gasteiger partial charge is 0.358 e. The van der Waals surface area contributed by atoms with Crippen LogP contribution in [0, 0.1) is 5.82 Å². The lowest BCUT2D eigenvalue weighted by atomic mass is 10.1. The molecule has 106 valence electrons. The molecule has 2 aromatic rings. The van der Waals surface area contributed by atoms with Crippen molar-refractivity contribution in [2.45, 2.75) is 4.90 Å². The van der Waals surface area contributed by atoms with E-state index in [-0.39, 0.29) is 21.5 Å². The van der Waals surface area contributed by atoms with Crippen molar-refractivity contribution in [2.75, 3.05) is 6.26 Å². The van der Waals surface area contributed by atoms with E-state index >= 15 is 0 Å². The Kier molecular flexibility index (Phi) is 3.65. The third-order valence-electron chi connectivity index (χ3n) is 2.38. The van der Waals surface area contributed by atoms with E-state index in [2.05, 4.69) is 21.1 Å². The van der Waals surface area contributed by atoms with Gasteiger partial charge in [0.05, 0.1) is 0 Å². The molecule has 0 aliphatic carbocycles. The molecule has 9 heteroatoms. The summed E-state index contributed by atoms with van der Waals surface area (Å²) >= 11 is 2.97. The highest BCUT2D eigenvalue weighted by Gasteiger charge is 2.21. The van der Waals surface area contributed by atoms with E-state index < -0.39 is 26.5 Å². The second-order valence-electron chi connectivity index (χ2n) is 3.92. The van der Waals surface area contributed by atoms with Gasteiger partial charge in [-0.25, -0.2) is 17.6 Å². The van der Waals surface area contributed by atoms with Crippen molar-refractivity contribution < 1.29 is 27.2 Å². The molecule has 2 rings (SSSR count). The fourth-order valence-electron chi connectivity index (χ4n) is 1.57. The molecule has 0 fully saturated rings. The van der Waals surface area contributed by atoms with Gasteiger partial charge in [0, 0.05) is 22.4 Å². The van der Waals surface area contributed by atoms with Gasteiger partial charge in [0.25, 0.3) is 0 Å². The molecule has 0 unspecified atom stereocenters. The Hall–Kier alpha value is -1.74. The minimum Gasteiger partial charge on any atom is -0.476 e. The van der Waals surface area contributed by atoms with Crippen molar-refractivity contribution in [3.63, 3.8) is 0 Å². The van der Waals surface area contributed by atoms with Gasteiger partial charge in [-0.1, -0.05) is 5.16 Å². The third kappa shape index (κ3) is 2.73. The molecule has 1 N–H and O–H groups in total. The van der Waals surface area contributed by atoms with Crippen LogP contribution in [-0.2, 0) is 9.84 Å². The summed E-state index contributed by atoms with van der Waals surface area (Å²) in [5, 5.41) is 12.0. The van der Waals surface area contributed by atoms with Gasteiger partial charge >= 0.3 is 5.97 Å². The molecule has 20 heavy (non-hydrogen) atoms. The Labute approximate surface area is 121 Å². The summed E-state index contributed by atoms with van der Waals surface area (Å²) in [5.74, 6) is -2.24. The Morgan fingerprint density at radius 2 is 2.05 bits per heavy atom. The van der Waals surface area contributed by atoms with Crippen LogP contribution in [0.4, 0.5) is 4.39 Å². The number of carboxylic acid groups (broad SMARTS) is 1. The maximum atomic E-state index is 13.9. The van der Waals surface area contributed by atoms with Crippen LogP contribution in [0.1, 0.15) is 10.5 Å². The predicted octanol–water partition coefficient (Wildman–Crippen LogP) is 2.34. The molecule has 0 saturated carbocycles. The molecule has 1 aromatic heterocycles. The van der Waals surface area contributed by atoms with Crippen LogP contribution in [0.3, 0.4) is 0 Å². The minimum absolute atomic E-state index is 0.0158. The Morgan fingerprint density at radius 3 is 2.50 bits per heavy atom. The summed E-state index contributed by atoms with van der Waals surface area (Å²) in [6, 6.07) is 3.36. The van der Waals surface area contributed by atoms with Gasteiger partial charge in [0.2, 0.25) is 0 Å². The summed E-state index contributed by atoms with van der Waals surface area (Å²) in [4.78, 5) is 10.2. The van der Waals surface area contributed by atoms with Gasteiger partial charge in [-0.05, 0) is 28.1 Å². The second-order valence-corrected chi connectivity index (χ2v) is 6.73. The third-order valence-corrected chi connectivity index (χ3v) is 4.43. The lowest BCUT2D eigenvalue weighted by molar-refractivity contribution is 0.0686. The zero-order valence-corrected chi connectivity index (χ0v) is 12.3. The van der Waals surface area contributed by atoms with Crippen molar-refractivity contribution in [2.24, 2.45) is 0 Å². The summed E-state index contributed by atoms with van der Waals surface area (Å²) in [5.41, 5.74) is -0.162. The molecule has 0 bridgehead atoms. The Morgan fingerprint density at radius 1 is 1.40 bits per heavy atom. The van der Waals surface area contributed by atoms with Crippen molar-refractivity contribution in [3.8, 4) is 11.3 Å². The molecule has 0 saturated heterocycles. The number of aromatic nitrogens is 1. The molecule has 0 aliphatic rings. The molecule has 0 radical (unpaired) electrons. The number of aromatic carboxylic acids is 1. The molecule has 0 atom stereocenters. The highest BCUT2D eigenvalue weighted by Crippen LogP contribution is 2.31. The number of carboxylic acids is 1. The maximum Gasteiger partial charge on any atom is 0.358 e. The van der Waals surface area contributed by atoms with Gasteiger partial charge in [-0.2, -0.15) is 0 Å². The first-order valence-corrected chi connectivity index (χ1v) is 7.78. The number of hydrogen-bond donors (Lipinski definition) is 1. The Balaban J connectivity index is 2.57. The van der Waals surface area contributed by atoms with E-state index in [1.807, 2.05) is 0 Å². The van der Waals surface area contributed by atoms with Crippen molar-refractivity contribution in [1.82, 2.24) is 5.16 Å². The molecular formula is C11H7BrFNO5S. The van der Waals surface area contributed by atoms with Crippen LogP contribution < -0.4 is 0 Å². The fourth-order valence-corrected chi connectivity index (χ4v) is 3.71. The van der Waals surface area contributed by atoms with E-state index in [1.165, 1.54) is 6.07 Å². The molecule has 1 heterocycles. The molecule has 1 aromatic carbocycles. The van der Waals surface area contributed by atoms with Gasteiger partial charge in [-0.3, -0.25) is 0 Å². The number of benzene rings is 1. The lowest BCUT2D eigenvalue weighted by Gasteiger charge is -2.05. The fraction of sp³-hybridized carbons (Fsp3) is 0.0909. The van der Waals surface area contributed by atoms with E-state index in [9.17, 15) is 17.6 Å². The van der Waals surface area contributed by atoms with E-state index in [0.717, 1.165) is 18.4 Å². The van der Waals surface area contributed by atoms with Crippen LogP contribution in [0.25, 0.3) is 11.3 Å². The summed E-state index contributed by atoms with van der Waals surface area (Å²) < 4.78 is 41.5. The molecule has 6 nitrogen and oxygen atoms in total. The van der Waals surface area contributed by atoms with Gasteiger partial charge in [0.15, 0.2) is 21.3 Å². The predicted molar refractivity (Wildman–Crippen MR) is 69.7 cm³/mol. The molecule has 0 spiro atoms. The number of halogens is 2. The molecule has 0 amide bonds. The number of nitrogens with zero attached hydrogens (tertiary/aromatic N) is 1. The zero-order chi connectivity index (χ0) is 15.1. The van der Waals surface area contributed by atoms with Gasteiger partial charge < -0.3 is 9.63 Å². The van der Waals surface area contributed by atoms with Gasteiger partial charge in [-0.15, -0.1) is 0 Å². The van der Waals surface area contributed by atoms with Crippen LogP contribution in [0.5, 0.6) is 0 Å². The first-order valence-electron chi connectivity index (χ1n) is 5.09. The average molecular weight is 364 g/mol. The van der Waals surface area contributed by atoms with Crippen molar-refractivity contribution >= 4 is 31.7 Å². The minimum atomic E-state index is -3.73. The lowest BCUT2D eigenvalue weighted by Crippen LogP contribution is -2.02. The first kappa shape index (κ1) is 14.7. The average Bonchev–Trinajstić information content (AvgIpc) is 2.74. The first-order chi connectivity index (χ1) is 9.20. The standard InChI is InChI=1S/C11H7BrFNO5S/c1-20(17,18)10-6(12)2-5(3-7(10)13)9-4-8(11(15)16)14-19-9/h2-4H,1H3,(H,15,16). The number of hydrogen-bond acceptors (Lipinski definition) is 5. The van der Waals surface area contributed by atoms with Crippen molar-refractivity contribution in [1.29, 1.82) is 0 Å². The zero-order valence-electron chi connectivity index (χ0n) is 9.92. The largest absolute Gasteiger partial charge is 0.476 e. The summed E-state index contributed by atoms with van der Waals surface area (Å²) in [6.07, 6.45) is 0.882. The highest BCUT2D eigenvalue weighted by atomic mass is 79.9. The van der Waals surface area contributed by atoms with Gasteiger partial charge in [0.1, 0.15) is 10.7 Å². The Bertz CT molecular complexity index is 776. The monoisotopic (exact) mass is 363 g/mol. The molecule has 0 aliphatic heterocycles. The second kappa shape index (κ2) is 4.98. The van der Waals surface area contributed by atoms with Crippen LogP contribution in [-0.4, -0.2) is 30.9 Å². The highest BCUT2D eigenvalue weighted by molar-refractivity contribution is 9.10. The van der Waals surface area contributed by atoms with E-state index in [0.29, 0.717) is 0 Å². The topological polar surface area (TPSA) is 97.5 Å². The normalized spacial score (nSPS) is 11.6. The van der Waals surface area contributed by atoms with Crippen LogP contribution >= 0.6 is 15.9 Å². The van der Waals surface area contributed by atoms with E-state index in [1.54, 1.807) is 0 Å². The number of carbonyl (C=O) groups is 1. The quantitative estimate of drug-likeness (QED) is 0.898. The van der Waals surface area contributed by atoms with E-state index in [4.69, 9.17) is 9.63 Å². The summed E-state index contributed by atoms with van der Waals surface area (Å²) in [7, 11) is -3.73. The van der Waals surface area contributed by atoms with Crippen molar-refractivity contribution in [3.05, 3.63) is 34.2 Å².